The van der Waals surface area contributed by atoms with E-state index in [1.807, 2.05) is 0 Å². The van der Waals surface area contributed by atoms with Crippen LogP contribution in [0.3, 0.4) is 0 Å². The molecule has 0 aliphatic heterocycles. The maximum absolute atomic E-state index is 11.4. The van der Waals surface area contributed by atoms with Gasteiger partial charge in [0.2, 0.25) is 0 Å². The third-order valence-electron chi connectivity index (χ3n) is 6.83. The number of allylic oxidation sites excluding steroid dienone is 6. The minimum Gasteiger partial charge on any atom is -0.384 e. The van der Waals surface area contributed by atoms with Crippen molar-refractivity contribution in [1.29, 1.82) is 0 Å². The summed E-state index contributed by atoms with van der Waals surface area (Å²) in [5.41, 5.74) is 10.2. The Labute approximate surface area is 173 Å². The topological polar surface area (TPSA) is 20.2 Å². The standard InChI is InChI=1S/C21H32O.ClH.Zr/c1-11-13(3)17(20(7,8)15(11)5)19(22)18-14(4)12(2)16(6)21(18,9)10;;/h19,22H,1-10H3;1H;. The van der Waals surface area contributed by atoms with Crippen molar-refractivity contribution in [3.63, 3.8) is 0 Å². The molecule has 134 valence electrons. The molecule has 0 saturated carbocycles. The Hall–Kier alpha value is 0.0931. The van der Waals surface area contributed by atoms with Crippen LogP contribution < -0.4 is 0 Å². The number of rotatable bonds is 2. The van der Waals surface area contributed by atoms with Crippen LogP contribution in [0.1, 0.15) is 69.2 Å². The second kappa shape index (κ2) is 7.38. The summed E-state index contributed by atoms with van der Waals surface area (Å²) in [6.45, 7) is 22.1. The van der Waals surface area contributed by atoms with Crippen molar-refractivity contribution in [3.05, 3.63) is 44.6 Å². The summed E-state index contributed by atoms with van der Waals surface area (Å²) in [5.74, 6) is 0. The molecule has 1 nitrogen and oxygen atoms in total. The number of halogens is 1. The van der Waals surface area contributed by atoms with E-state index in [1.54, 1.807) is 0 Å². The zero-order valence-electron chi connectivity index (χ0n) is 16.9. The molecule has 2 aliphatic carbocycles. The van der Waals surface area contributed by atoms with E-state index < -0.39 is 6.10 Å². The quantitative estimate of drug-likeness (QED) is 0.560. The molecule has 0 aromatic carbocycles. The fourth-order valence-electron chi connectivity index (χ4n) is 4.48. The van der Waals surface area contributed by atoms with Gasteiger partial charge >= 0.3 is 0 Å². The van der Waals surface area contributed by atoms with Crippen molar-refractivity contribution in [3.8, 4) is 0 Å². The summed E-state index contributed by atoms with van der Waals surface area (Å²) < 4.78 is 0. The van der Waals surface area contributed by atoms with Gasteiger partial charge in [0.15, 0.2) is 0 Å². The van der Waals surface area contributed by atoms with Gasteiger partial charge in [-0.25, -0.2) is 0 Å². The molecule has 0 bridgehead atoms. The molecule has 0 heterocycles. The van der Waals surface area contributed by atoms with Crippen molar-refractivity contribution in [2.75, 3.05) is 0 Å². The van der Waals surface area contributed by atoms with Gasteiger partial charge in [-0.05, 0) is 75.0 Å². The van der Waals surface area contributed by atoms with Gasteiger partial charge in [-0.3, -0.25) is 0 Å². The predicted molar refractivity (Wildman–Crippen MR) is 103 cm³/mol. The molecule has 1 N–H and O–H groups in total. The normalized spacial score (nSPS) is 22.5. The number of hydrogen-bond acceptors (Lipinski definition) is 1. The van der Waals surface area contributed by atoms with Crippen molar-refractivity contribution >= 4 is 12.4 Å². The molecule has 0 fully saturated rings. The Morgan fingerprint density at radius 2 is 0.875 bits per heavy atom. The first-order chi connectivity index (χ1) is 9.86. The number of hydrogen-bond donors (Lipinski definition) is 1. The van der Waals surface area contributed by atoms with E-state index in [1.165, 1.54) is 44.6 Å². The average Bonchev–Trinajstić information content (AvgIpc) is 2.66. The molecule has 0 radical (unpaired) electrons. The van der Waals surface area contributed by atoms with Gasteiger partial charge in [0, 0.05) is 37.0 Å². The van der Waals surface area contributed by atoms with Crippen LogP contribution in [-0.2, 0) is 26.2 Å². The monoisotopic (exact) mass is 426 g/mol. The van der Waals surface area contributed by atoms with Crippen molar-refractivity contribution in [1.82, 2.24) is 0 Å². The summed E-state index contributed by atoms with van der Waals surface area (Å²) in [4.78, 5) is 0. The third-order valence-corrected chi connectivity index (χ3v) is 6.83. The minimum absolute atomic E-state index is 0. The molecular weight excluding hydrogens is 395 g/mol. The molecule has 2 aliphatic rings. The van der Waals surface area contributed by atoms with Gasteiger partial charge < -0.3 is 5.11 Å². The summed E-state index contributed by atoms with van der Waals surface area (Å²) in [5, 5.41) is 11.4. The molecule has 24 heavy (non-hydrogen) atoms. The molecule has 3 heteroatoms. The summed E-state index contributed by atoms with van der Waals surface area (Å²) in [7, 11) is 0. The number of aliphatic hydroxyl groups is 1. The van der Waals surface area contributed by atoms with Crippen LogP contribution in [-0.4, -0.2) is 11.2 Å². The van der Waals surface area contributed by atoms with Crippen molar-refractivity contribution in [2.24, 2.45) is 10.8 Å². The van der Waals surface area contributed by atoms with Crippen molar-refractivity contribution < 1.29 is 31.3 Å². The van der Waals surface area contributed by atoms with Gasteiger partial charge in [-0.15, -0.1) is 12.4 Å². The van der Waals surface area contributed by atoms with Gasteiger partial charge in [0.05, 0.1) is 6.10 Å². The molecule has 0 saturated heterocycles. The smallest absolute Gasteiger partial charge is 0.0989 e. The van der Waals surface area contributed by atoms with Crippen LogP contribution in [0, 0.1) is 10.8 Å². The fourth-order valence-corrected chi connectivity index (χ4v) is 4.48. The van der Waals surface area contributed by atoms with E-state index in [-0.39, 0.29) is 49.4 Å². The molecule has 0 unspecified atom stereocenters. The summed E-state index contributed by atoms with van der Waals surface area (Å²) in [6, 6.07) is 0. The van der Waals surface area contributed by atoms with Gasteiger partial charge in [-0.2, -0.15) is 0 Å². The second-order valence-electron chi connectivity index (χ2n) is 8.23. The fraction of sp³-hybridized carbons (Fsp3) is 0.619. The molecule has 0 aromatic rings. The molecule has 2 rings (SSSR count). The molecule has 0 atom stereocenters. The first kappa shape index (κ1) is 24.1. The Bertz CT molecular complexity index is 614. The Balaban J connectivity index is 0.00000264. The molecule has 0 aromatic heterocycles. The summed E-state index contributed by atoms with van der Waals surface area (Å²) >= 11 is 0. The molecular formula is C21H33ClOZr. The van der Waals surface area contributed by atoms with Crippen LogP contribution >= 0.6 is 12.4 Å². The van der Waals surface area contributed by atoms with Crippen LogP contribution in [0.2, 0.25) is 0 Å². The van der Waals surface area contributed by atoms with E-state index in [0.29, 0.717) is 0 Å². The Morgan fingerprint density at radius 1 is 0.625 bits per heavy atom. The third kappa shape index (κ3) is 3.12. The van der Waals surface area contributed by atoms with E-state index in [0.717, 1.165) is 0 Å². The second-order valence-corrected chi connectivity index (χ2v) is 8.23. The Kier molecular flexibility index (Phi) is 7.40. The minimum atomic E-state index is -0.496. The van der Waals surface area contributed by atoms with E-state index in [4.69, 9.17) is 0 Å². The average molecular weight is 428 g/mol. The zero-order valence-corrected chi connectivity index (χ0v) is 20.2. The molecule has 0 amide bonds. The Morgan fingerprint density at radius 3 is 1.04 bits per heavy atom. The van der Waals surface area contributed by atoms with Gasteiger partial charge in [0.1, 0.15) is 0 Å². The van der Waals surface area contributed by atoms with E-state index >= 15 is 0 Å². The maximum Gasteiger partial charge on any atom is 0.0989 e. The number of aliphatic hydroxyl groups excluding tert-OH is 1. The first-order valence-electron chi connectivity index (χ1n) is 8.34. The van der Waals surface area contributed by atoms with Gasteiger partial charge in [0.25, 0.3) is 0 Å². The first-order valence-corrected chi connectivity index (χ1v) is 8.34. The van der Waals surface area contributed by atoms with E-state index in [2.05, 4.69) is 69.2 Å². The molecule has 0 spiro atoms. The maximum atomic E-state index is 11.4. The predicted octanol–water partition coefficient (Wildman–Crippen LogP) is 6.15. The van der Waals surface area contributed by atoms with E-state index in [9.17, 15) is 5.11 Å². The van der Waals surface area contributed by atoms with Crippen LogP contribution in [0.5, 0.6) is 0 Å². The van der Waals surface area contributed by atoms with Crippen LogP contribution in [0.25, 0.3) is 0 Å². The van der Waals surface area contributed by atoms with Gasteiger partial charge in [-0.1, -0.05) is 38.8 Å². The van der Waals surface area contributed by atoms with Crippen LogP contribution in [0.4, 0.5) is 0 Å². The van der Waals surface area contributed by atoms with Crippen molar-refractivity contribution in [2.45, 2.75) is 75.3 Å². The SMILES string of the molecule is CC1=C(C)C(C)(C)C(C(O)C2=C(C)C(C)=C(C)C2(C)C)=C1C.Cl.[Zr]. The largest absolute Gasteiger partial charge is 0.384 e. The van der Waals surface area contributed by atoms with Crippen LogP contribution in [0.15, 0.2) is 44.6 Å². The summed E-state index contributed by atoms with van der Waals surface area (Å²) in [6.07, 6.45) is -0.496. The zero-order chi connectivity index (χ0) is 17.2.